The molecular weight excluding hydrogens is 164 g/mol. The Morgan fingerprint density at radius 2 is 2.00 bits per heavy atom. The first-order valence-electron chi connectivity index (χ1n) is 4.20. The minimum absolute atomic E-state index is 0.416. The van der Waals surface area contributed by atoms with Gasteiger partial charge in [0, 0.05) is 0 Å². The highest BCUT2D eigenvalue weighted by Gasteiger charge is 1.96. The summed E-state index contributed by atoms with van der Waals surface area (Å²) in [6.07, 6.45) is 3.54. The highest BCUT2D eigenvalue weighted by atomic mass is 32.2. The molecule has 1 aliphatic heterocycles. The standard InChI is InChI=1S/C11H12S/c1-2-6-11(7-3-1)10-12-8-4-5-9-12/h1-4,6-8,10H,5,9H2. The van der Waals surface area contributed by atoms with Crippen LogP contribution in [0.4, 0.5) is 0 Å². The summed E-state index contributed by atoms with van der Waals surface area (Å²) in [6, 6.07) is 10.6. The smallest absolute Gasteiger partial charge is 0.00439 e. The average Bonchev–Trinajstić information content (AvgIpc) is 2.59. The molecule has 0 spiro atoms. The molecule has 0 N–H and O–H groups in total. The van der Waals surface area contributed by atoms with Gasteiger partial charge in [0.15, 0.2) is 0 Å². The van der Waals surface area contributed by atoms with Crippen LogP contribution in [-0.2, 0) is 0 Å². The van der Waals surface area contributed by atoms with E-state index in [-0.39, 0.29) is 0 Å². The molecule has 2 rings (SSSR count). The van der Waals surface area contributed by atoms with Crippen LogP contribution in [0.5, 0.6) is 0 Å². The lowest BCUT2D eigenvalue weighted by atomic mass is 10.2. The Morgan fingerprint density at radius 1 is 1.17 bits per heavy atom. The molecule has 1 heterocycles. The van der Waals surface area contributed by atoms with Crippen LogP contribution in [0.2, 0.25) is 0 Å². The molecule has 0 fully saturated rings. The first-order chi connectivity index (χ1) is 5.95. The zero-order valence-corrected chi connectivity index (χ0v) is 7.76. The van der Waals surface area contributed by atoms with Crippen molar-refractivity contribution in [2.45, 2.75) is 6.42 Å². The predicted molar refractivity (Wildman–Crippen MR) is 57.8 cm³/mol. The number of hydrogen-bond donors (Lipinski definition) is 0. The molecule has 1 aromatic rings. The van der Waals surface area contributed by atoms with E-state index in [4.69, 9.17) is 0 Å². The third kappa shape index (κ3) is 1.86. The maximum atomic E-state index is 2.36. The van der Waals surface area contributed by atoms with Crippen molar-refractivity contribution in [1.82, 2.24) is 0 Å². The van der Waals surface area contributed by atoms with E-state index in [9.17, 15) is 0 Å². The van der Waals surface area contributed by atoms with E-state index < -0.39 is 0 Å². The molecule has 0 saturated heterocycles. The summed E-state index contributed by atoms with van der Waals surface area (Å²) in [5.74, 6) is 1.31. The summed E-state index contributed by atoms with van der Waals surface area (Å²) < 4.78 is 0. The molecule has 0 radical (unpaired) electrons. The van der Waals surface area contributed by atoms with Crippen LogP contribution in [0.25, 0.3) is 0 Å². The average molecular weight is 176 g/mol. The molecule has 1 atom stereocenters. The van der Waals surface area contributed by atoms with Crippen LogP contribution in [-0.4, -0.2) is 11.1 Å². The number of benzene rings is 1. The van der Waals surface area contributed by atoms with E-state index in [0.717, 1.165) is 0 Å². The van der Waals surface area contributed by atoms with Crippen LogP contribution in [0.3, 0.4) is 0 Å². The van der Waals surface area contributed by atoms with E-state index in [2.05, 4.69) is 47.2 Å². The molecular formula is C11H12S. The molecule has 0 bridgehead atoms. The monoisotopic (exact) mass is 176 g/mol. The van der Waals surface area contributed by atoms with Crippen LogP contribution in [0.1, 0.15) is 12.0 Å². The van der Waals surface area contributed by atoms with Gasteiger partial charge in [-0.25, -0.2) is 0 Å². The van der Waals surface area contributed by atoms with Gasteiger partial charge in [-0.15, -0.1) is 0 Å². The predicted octanol–water partition coefficient (Wildman–Crippen LogP) is 3.02. The van der Waals surface area contributed by atoms with Gasteiger partial charge >= 0.3 is 0 Å². The Bertz CT molecular complexity index is 309. The zero-order chi connectivity index (χ0) is 8.23. The van der Waals surface area contributed by atoms with Crippen molar-refractivity contribution >= 4 is 15.9 Å². The minimum Gasteiger partial charge on any atom is -0.161 e. The second-order valence-corrected chi connectivity index (χ2v) is 4.72. The fraction of sp³-hybridized carbons (Fsp3) is 0.182. The quantitative estimate of drug-likeness (QED) is 0.577. The summed E-state index contributed by atoms with van der Waals surface area (Å²) in [6.45, 7) is 0. The van der Waals surface area contributed by atoms with E-state index in [0.29, 0.717) is 10.5 Å². The van der Waals surface area contributed by atoms with Gasteiger partial charge in [0.25, 0.3) is 0 Å². The molecule has 1 aliphatic rings. The molecule has 12 heavy (non-hydrogen) atoms. The van der Waals surface area contributed by atoms with Crippen molar-refractivity contribution in [2.24, 2.45) is 0 Å². The third-order valence-electron chi connectivity index (χ3n) is 1.88. The summed E-state index contributed by atoms with van der Waals surface area (Å²) >= 11 is 0. The summed E-state index contributed by atoms with van der Waals surface area (Å²) in [5, 5.41) is 4.69. The fourth-order valence-electron chi connectivity index (χ4n) is 1.27. The first kappa shape index (κ1) is 7.81. The van der Waals surface area contributed by atoms with E-state index in [1.165, 1.54) is 17.7 Å². The van der Waals surface area contributed by atoms with Gasteiger partial charge in [-0.05, 0) is 28.5 Å². The highest BCUT2D eigenvalue weighted by molar-refractivity contribution is 8.17. The normalized spacial score (nSPS) is 21.8. The molecule has 0 aromatic heterocycles. The topological polar surface area (TPSA) is 0 Å². The maximum absolute atomic E-state index is 2.36. The molecule has 0 amide bonds. The van der Waals surface area contributed by atoms with Gasteiger partial charge in [0.2, 0.25) is 0 Å². The molecule has 0 aliphatic carbocycles. The van der Waals surface area contributed by atoms with Crippen LogP contribution < -0.4 is 0 Å². The number of rotatable bonds is 1. The third-order valence-corrected chi connectivity index (χ3v) is 3.70. The van der Waals surface area contributed by atoms with Crippen molar-refractivity contribution < 1.29 is 0 Å². The molecule has 0 saturated carbocycles. The lowest BCUT2D eigenvalue weighted by Gasteiger charge is -1.96. The van der Waals surface area contributed by atoms with E-state index >= 15 is 0 Å². The van der Waals surface area contributed by atoms with E-state index in [1.807, 2.05) is 0 Å². The zero-order valence-electron chi connectivity index (χ0n) is 6.94. The fourth-order valence-corrected chi connectivity index (χ4v) is 2.90. The van der Waals surface area contributed by atoms with Gasteiger partial charge in [0.05, 0.1) is 0 Å². The maximum Gasteiger partial charge on any atom is -0.00439 e. The summed E-state index contributed by atoms with van der Waals surface area (Å²) in [5.41, 5.74) is 1.35. The second kappa shape index (κ2) is 3.72. The van der Waals surface area contributed by atoms with Crippen LogP contribution in [0.15, 0.2) is 41.8 Å². The van der Waals surface area contributed by atoms with Crippen molar-refractivity contribution in [3.63, 3.8) is 0 Å². The van der Waals surface area contributed by atoms with Gasteiger partial charge < -0.3 is 0 Å². The van der Waals surface area contributed by atoms with Gasteiger partial charge in [-0.1, -0.05) is 36.4 Å². The van der Waals surface area contributed by atoms with Gasteiger partial charge in [0.1, 0.15) is 0 Å². The lowest BCUT2D eigenvalue weighted by molar-refractivity contribution is 1.28. The van der Waals surface area contributed by atoms with Crippen molar-refractivity contribution in [3.8, 4) is 0 Å². The first-order valence-corrected chi connectivity index (χ1v) is 5.72. The minimum atomic E-state index is 0.416. The van der Waals surface area contributed by atoms with E-state index in [1.54, 1.807) is 0 Å². The Morgan fingerprint density at radius 3 is 2.67 bits per heavy atom. The SMILES string of the molecule is C1=CS(=Cc2ccccc2)CC1. The van der Waals surface area contributed by atoms with Crippen LogP contribution in [0, 0.1) is 0 Å². The Balaban J connectivity index is 2.22. The molecule has 62 valence electrons. The van der Waals surface area contributed by atoms with Crippen molar-refractivity contribution in [2.75, 3.05) is 5.75 Å². The van der Waals surface area contributed by atoms with Gasteiger partial charge in [-0.3, -0.25) is 0 Å². The van der Waals surface area contributed by atoms with Crippen molar-refractivity contribution in [3.05, 3.63) is 47.4 Å². The lowest BCUT2D eigenvalue weighted by Crippen LogP contribution is -1.79. The molecule has 1 heteroatoms. The van der Waals surface area contributed by atoms with Crippen LogP contribution >= 0.6 is 10.5 Å². The number of allylic oxidation sites excluding steroid dienone is 1. The highest BCUT2D eigenvalue weighted by Crippen LogP contribution is 2.23. The summed E-state index contributed by atoms with van der Waals surface area (Å²) in [4.78, 5) is 0. The second-order valence-electron chi connectivity index (χ2n) is 2.86. The largest absolute Gasteiger partial charge is 0.161 e. The number of hydrogen-bond acceptors (Lipinski definition) is 0. The molecule has 0 nitrogen and oxygen atoms in total. The summed E-state index contributed by atoms with van der Waals surface area (Å²) in [7, 11) is 0.416. The van der Waals surface area contributed by atoms with Gasteiger partial charge in [-0.2, -0.15) is 10.5 Å². The Kier molecular flexibility index (Phi) is 2.42. The molecule has 1 unspecified atom stereocenters. The molecule has 1 aromatic carbocycles. The van der Waals surface area contributed by atoms with Crippen molar-refractivity contribution in [1.29, 1.82) is 0 Å². The Labute approximate surface area is 75.9 Å². The Hall–Kier alpha value is -0.820.